The quantitative estimate of drug-likeness (QED) is 0.313. The van der Waals surface area contributed by atoms with E-state index in [1.807, 2.05) is 43.0 Å². The molecule has 164 valence electrons. The molecule has 3 heterocycles. The van der Waals surface area contributed by atoms with Crippen molar-refractivity contribution in [2.24, 2.45) is 22.5 Å². The molecule has 0 bridgehead atoms. The van der Waals surface area contributed by atoms with Crippen LogP contribution >= 0.6 is 11.3 Å². The van der Waals surface area contributed by atoms with E-state index in [1.165, 1.54) is 15.6 Å². The van der Waals surface area contributed by atoms with Crippen LogP contribution in [0.5, 0.6) is 5.75 Å². The van der Waals surface area contributed by atoms with E-state index < -0.39 is 0 Å². The molecule has 4 aromatic rings. The maximum absolute atomic E-state index is 6.10. The highest BCUT2D eigenvalue weighted by molar-refractivity contribution is 7.17. The molecule has 2 aromatic carbocycles. The second-order valence-electron chi connectivity index (χ2n) is 7.88. The number of aryl methyl sites for hydroxylation is 1. The normalized spacial score (nSPS) is 13.6. The summed E-state index contributed by atoms with van der Waals surface area (Å²) in [7, 11) is 1.97. The molecule has 1 atom stereocenters. The smallest absolute Gasteiger partial charge is 0.119 e. The number of nitrogens with zero attached hydrogens (tertiary/aromatic N) is 5. The molecule has 0 saturated heterocycles. The number of fused-ring (bicyclic) bond motifs is 1. The minimum Gasteiger partial charge on any atom is -0.489 e. The first-order valence-electron chi connectivity index (χ1n) is 10.8. The summed E-state index contributed by atoms with van der Waals surface area (Å²) in [5.41, 5.74) is 5.57. The fourth-order valence-electron chi connectivity index (χ4n) is 3.97. The molecule has 0 amide bonds. The lowest BCUT2D eigenvalue weighted by molar-refractivity contribution is 0.306. The summed E-state index contributed by atoms with van der Waals surface area (Å²) in [5, 5.41) is 19.5. The van der Waals surface area contributed by atoms with Gasteiger partial charge in [0.1, 0.15) is 18.9 Å². The number of aromatic nitrogens is 2. The number of rotatable bonds is 7. The second kappa shape index (κ2) is 9.39. The first-order chi connectivity index (χ1) is 16.2. The Bertz CT molecular complexity index is 1400. The zero-order chi connectivity index (χ0) is 22.6. The molecule has 0 N–H and O–H groups in total. The Morgan fingerprint density at radius 2 is 2.03 bits per heavy atom. The van der Waals surface area contributed by atoms with Crippen molar-refractivity contribution < 1.29 is 4.74 Å². The average Bonchev–Trinajstić information content (AvgIpc) is 3.59. The van der Waals surface area contributed by atoms with Gasteiger partial charge < -0.3 is 4.74 Å². The van der Waals surface area contributed by atoms with E-state index in [2.05, 4.69) is 68.1 Å². The van der Waals surface area contributed by atoms with Gasteiger partial charge in [-0.1, -0.05) is 24.1 Å². The molecule has 33 heavy (non-hydrogen) atoms. The Hall–Kier alpha value is -3.76. The number of benzene rings is 2. The van der Waals surface area contributed by atoms with Gasteiger partial charge in [-0.15, -0.1) is 22.4 Å². The van der Waals surface area contributed by atoms with E-state index in [0.717, 1.165) is 34.7 Å². The van der Waals surface area contributed by atoms with E-state index in [-0.39, 0.29) is 5.92 Å². The molecule has 2 aromatic heterocycles. The van der Waals surface area contributed by atoms with E-state index >= 15 is 0 Å². The third-order valence-corrected chi connectivity index (χ3v) is 6.65. The molecule has 1 aliphatic rings. The topological polar surface area (TPSA) is 64.1 Å². The Morgan fingerprint density at radius 1 is 1.15 bits per heavy atom. The molecule has 0 saturated carbocycles. The summed E-state index contributed by atoms with van der Waals surface area (Å²) in [6.07, 6.45) is 2.58. The minimum absolute atomic E-state index is 0.0812. The zero-order valence-corrected chi connectivity index (χ0v) is 19.3. The van der Waals surface area contributed by atoms with Crippen LogP contribution in [0.4, 0.5) is 0 Å². The number of ether oxygens (including phenoxy) is 1. The highest BCUT2D eigenvalue weighted by Crippen LogP contribution is 2.34. The third-order valence-electron chi connectivity index (χ3n) is 5.68. The van der Waals surface area contributed by atoms with Gasteiger partial charge in [-0.3, -0.25) is 4.68 Å². The third kappa shape index (κ3) is 4.57. The van der Waals surface area contributed by atoms with Gasteiger partial charge in [0.25, 0.3) is 0 Å². The van der Waals surface area contributed by atoms with Gasteiger partial charge in [-0.25, -0.2) is 0 Å². The summed E-state index contributed by atoms with van der Waals surface area (Å²) in [5.74, 6) is 7.22. The van der Waals surface area contributed by atoms with Crippen molar-refractivity contribution in [1.29, 1.82) is 0 Å². The van der Waals surface area contributed by atoms with Crippen LogP contribution in [-0.4, -0.2) is 22.0 Å². The highest BCUT2D eigenvalue weighted by Gasteiger charge is 2.15. The van der Waals surface area contributed by atoms with Gasteiger partial charge >= 0.3 is 0 Å². The van der Waals surface area contributed by atoms with Crippen LogP contribution in [0.15, 0.2) is 75.5 Å². The summed E-state index contributed by atoms with van der Waals surface area (Å²) >= 11 is 1.75. The minimum atomic E-state index is 0.0812. The number of hydrogen-bond acceptors (Lipinski definition) is 6. The highest BCUT2D eigenvalue weighted by atomic mass is 32.1. The predicted octanol–water partition coefficient (Wildman–Crippen LogP) is 6.20. The standard InChI is InChI=1S/C26H23N5OS/c1-3-4-20(14-21-15-27-30-29-21)19-6-8-22(9-7-19)32-16-18-5-10-26-23(13-18)24(17-33-26)25-11-12-28-31(25)2/h5-13,17,20H,14-16H2,1-2H3/t20-/m0/s1. The SMILES string of the molecule is CC#C[C@@H](CC1=NN=NC1)c1ccc(OCc2ccc3scc(-c4ccnn4C)c3c2)cc1. The molecular formula is C26H23N5OS. The molecule has 0 spiro atoms. The predicted molar refractivity (Wildman–Crippen MR) is 133 cm³/mol. The molecule has 0 unspecified atom stereocenters. The van der Waals surface area contributed by atoms with Gasteiger partial charge in [0.05, 0.1) is 17.3 Å². The van der Waals surface area contributed by atoms with Crippen molar-refractivity contribution in [3.63, 3.8) is 0 Å². The monoisotopic (exact) mass is 453 g/mol. The lowest BCUT2D eigenvalue weighted by Gasteiger charge is -2.12. The molecular weight excluding hydrogens is 430 g/mol. The van der Waals surface area contributed by atoms with Crippen molar-refractivity contribution in [3.8, 4) is 28.8 Å². The van der Waals surface area contributed by atoms with Gasteiger partial charge in [0.15, 0.2) is 0 Å². The Labute approximate surface area is 196 Å². The van der Waals surface area contributed by atoms with E-state index in [4.69, 9.17) is 4.74 Å². The first kappa shape index (κ1) is 21.1. The Balaban J connectivity index is 1.29. The first-order valence-corrected chi connectivity index (χ1v) is 11.6. The molecule has 0 aliphatic carbocycles. The maximum Gasteiger partial charge on any atom is 0.119 e. The Morgan fingerprint density at radius 3 is 2.76 bits per heavy atom. The largest absolute Gasteiger partial charge is 0.489 e. The van der Waals surface area contributed by atoms with Crippen LogP contribution in [0.2, 0.25) is 0 Å². The summed E-state index contributed by atoms with van der Waals surface area (Å²) in [6, 6.07) is 16.7. The van der Waals surface area contributed by atoms with Crippen LogP contribution < -0.4 is 4.74 Å². The van der Waals surface area contributed by atoms with Crippen molar-refractivity contribution in [1.82, 2.24) is 9.78 Å². The number of thiophene rings is 1. The summed E-state index contributed by atoms with van der Waals surface area (Å²) < 4.78 is 9.26. The lowest BCUT2D eigenvalue weighted by Crippen LogP contribution is -2.07. The van der Waals surface area contributed by atoms with Crippen molar-refractivity contribution >= 4 is 27.1 Å². The maximum atomic E-state index is 6.10. The molecule has 1 aliphatic heterocycles. The Kier molecular flexibility index (Phi) is 6.01. The summed E-state index contributed by atoms with van der Waals surface area (Å²) in [4.78, 5) is 0. The van der Waals surface area contributed by atoms with Crippen LogP contribution in [-0.2, 0) is 13.7 Å². The fraction of sp³-hybridized carbons (Fsp3) is 0.231. The summed E-state index contributed by atoms with van der Waals surface area (Å²) in [6.45, 7) is 2.94. The van der Waals surface area contributed by atoms with Gasteiger partial charge in [0.2, 0.25) is 0 Å². The van der Waals surface area contributed by atoms with Gasteiger partial charge in [-0.05, 0) is 53.6 Å². The van der Waals surface area contributed by atoms with Crippen LogP contribution in [0.25, 0.3) is 21.3 Å². The molecule has 6 nitrogen and oxygen atoms in total. The molecule has 0 fully saturated rings. The van der Waals surface area contributed by atoms with Crippen molar-refractivity contribution in [2.45, 2.75) is 25.9 Å². The van der Waals surface area contributed by atoms with E-state index in [0.29, 0.717) is 13.2 Å². The van der Waals surface area contributed by atoms with E-state index in [1.54, 1.807) is 11.3 Å². The van der Waals surface area contributed by atoms with Crippen LogP contribution in [0.1, 0.15) is 30.4 Å². The number of hydrogen-bond donors (Lipinski definition) is 0. The molecule has 7 heteroatoms. The van der Waals surface area contributed by atoms with Crippen LogP contribution in [0.3, 0.4) is 0 Å². The average molecular weight is 454 g/mol. The molecule has 0 radical (unpaired) electrons. The zero-order valence-electron chi connectivity index (χ0n) is 18.5. The van der Waals surface area contributed by atoms with Crippen LogP contribution in [0, 0.1) is 11.8 Å². The van der Waals surface area contributed by atoms with Crippen molar-refractivity contribution in [2.75, 3.05) is 6.54 Å². The van der Waals surface area contributed by atoms with Crippen molar-refractivity contribution in [3.05, 3.63) is 71.2 Å². The molecule has 5 rings (SSSR count). The van der Waals surface area contributed by atoms with Gasteiger partial charge in [-0.2, -0.15) is 10.2 Å². The van der Waals surface area contributed by atoms with Gasteiger partial charge in [0, 0.05) is 40.7 Å². The lowest BCUT2D eigenvalue weighted by atomic mass is 9.94. The fourth-order valence-corrected chi connectivity index (χ4v) is 4.91. The van der Waals surface area contributed by atoms with E-state index in [9.17, 15) is 0 Å². The second-order valence-corrected chi connectivity index (χ2v) is 8.80.